The van der Waals surface area contributed by atoms with Crippen molar-refractivity contribution in [1.29, 1.82) is 0 Å². The lowest BCUT2D eigenvalue weighted by Gasteiger charge is -2.40. The molecule has 2 aliphatic heterocycles. The molecule has 2 fully saturated rings. The number of hydrogen-bond acceptors (Lipinski definition) is 3. The first-order valence-electron chi connectivity index (χ1n) is 8.69. The Hall–Kier alpha value is -1.88. The van der Waals surface area contributed by atoms with Crippen LogP contribution in [0.15, 0.2) is 24.3 Å². The Bertz CT molecular complexity index is 633. The van der Waals surface area contributed by atoms with Crippen molar-refractivity contribution in [3.05, 3.63) is 35.4 Å². The molecule has 2 aliphatic rings. The second-order valence-corrected chi connectivity index (χ2v) is 7.56. The molecule has 5 heteroatoms. The Morgan fingerprint density at radius 3 is 2.54 bits per heavy atom. The van der Waals surface area contributed by atoms with Crippen molar-refractivity contribution in [3.8, 4) is 0 Å². The van der Waals surface area contributed by atoms with Crippen molar-refractivity contribution in [2.75, 3.05) is 33.7 Å². The second kappa shape index (κ2) is 6.55. The van der Waals surface area contributed by atoms with Crippen LogP contribution in [0, 0.1) is 12.3 Å². The molecule has 130 valence electrons. The monoisotopic (exact) mass is 329 g/mol. The van der Waals surface area contributed by atoms with E-state index in [1.807, 2.05) is 36.0 Å². The third kappa shape index (κ3) is 3.31. The van der Waals surface area contributed by atoms with Crippen LogP contribution in [0.4, 0.5) is 0 Å². The van der Waals surface area contributed by atoms with Gasteiger partial charge in [0.2, 0.25) is 11.8 Å². The van der Waals surface area contributed by atoms with E-state index >= 15 is 0 Å². The Kier molecular flexibility index (Phi) is 4.63. The average molecular weight is 329 g/mol. The normalized spacial score (nSPS) is 21.2. The van der Waals surface area contributed by atoms with Crippen molar-refractivity contribution in [1.82, 2.24) is 15.1 Å². The summed E-state index contributed by atoms with van der Waals surface area (Å²) in [7, 11) is 3.91. The number of aryl methyl sites for hydroxylation is 1. The Morgan fingerprint density at radius 1 is 1.29 bits per heavy atom. The van der Waals surface area contributed by atoms with Gasteiger partial charge in [-0.15, -0.1) is 0 Å². The van der Waals surface area contributed by atoms with Gasteiger partial charge in [-0.05, 0) is 44.8 Å². The number of nitrogens with zero attached hydrogens (tertiary/aromatic N) is 2. The summed E-state index contributed by atoms with van der Waals surface area (Å²) in [6.07, 6.45) is 2.43. The number of amides is 2. The zero-order valence-corrected chi connectivity index (χ0v) is 14.8. The predicted molar refractivity (Wildman–Crippen MR) is 93.5 cm³/mol. The van der Waals surface area contributed by atoms with Crippen LogP contribution in [0.3, 0.4) is 0 Å². The molecule has 0 radical (unpaired) electrons. The van der Waals surface area contributed by atoms with Crippen molar-refractivity contribution >= 4 is 11.8 Å². The Morgan fingerprint density at radius 2 is 2.00 bits per heavy atom. The standard InChI is InChI=1S/C19H27N3O2/c1-14-5-4-6-15(11-14)17(21(2)3)18(24)22-9-7-19(8-10-22)12-16(23)20-13-19/h4-6,11,17H,7-10,12-13H2,1-3H3,(H,20,23)/t17-/m1/s1. The fourth-order valence-electron chi connectivity index (χ4n) is 3.98. The molecule has 0 aliphatic carbocycles. The van der Waals surface area contributed by atoms with E-state index in [0.29, 0.717) is 6.42 Å². The highest BCUT2D eigenvalue weighted by molar-refractivity contribution is 5.83. The molecule has 2 saturated heterocycles. The van der Waals surface area contributed by atoms with E-state index in [1.165, 1.54) is 5.56 Å². The summed E-state index contributed by atoms with van der Waals surface area (Å²) in [4.78, 5) is 28.6. The molecule has 1 aromatic carbocycles. The number of hydrogen-bond donors (Lipinski definition) is 1. The summed E-state index contributed by atoms with van der Waals surface area (Å²) in [6, 6.07) is 7.93. The molecular weight excluding hydrogens is 302 g/mol. The van der Waals surface area contributed by atoms with E-state index < -0.39 is 0 Å². The minimum absolute atomic E-state index is 0.0742. The van der Waals surface area contributed by atoms with Crippen LogP contribution >= 0.6 is 0 Å². The average Bonchev–Trinajstić information content (AvgIpc) is 2.88. The molecule has 2 heterocycles. The van der Waals surface area contributed by atoms with E-state index in [-0.39, 0.29) is 23.3 Å². The van der Waals surface area contributed by atoms with Crippen LogP contribution in [-0.2, 0) is 9.59 Å². The molecule has 3 rings (SSSR count). The molecule has 2 amide bonds. The summed E-state index contributed by atoms with van der Waals surface area (Å²) in [6.45, 7) is 4.30. The fraction of sp³-hybridized carbons (Fsp3) is 0.579. The van der Waals surface area contributed by atoms with Crippen LogP contribution in [0.5, 0.6) is 0 Å². The summed E-state index contributed by atoms with van der Waals surface area (Å²) >= 11 is 0. The quantitative estimate of drug-likeness (QED) is 0.919. The maximum Gasteiger partial charge on any atom is 0.244 e. The molecule has 1 N–H and O–H groups in total. The molecule has 1 atom stereocenters. The molecule has 0 aromatic heterocycles. The molecule has 24 heavy (non-hydrogen) atoms. The van der Waals surface area contributed by atoms with Gasteiger partial charge in [0.25, 0.3) is 0 Å². The molecule has 0 saturated carbocycles. The number of likely N-dealkylation sites (tertiary alicyclic amines) is 1. The third-order valence-corrected chi connectivity index (χ3v) is 5.44. The predicted octanol–water partition coefficient (Wildman–Crippen LogP) is 1.73. The number of rotatable bonds is 3. The van der Waals surface area contributed by atoms with E-state index in [2.05, 4.69) is 24.4 Å². The molecule has 1 aromatic rings. The minimum Gasteiger partial charge on any atom is -0.356 e. The third-order valence-electron chi connectivity index (χ3n) is 5.44. The minimum atomic E-state index is -0.248. The van der Waals surface area contributed by atoms with Crippen LogP contribution < -0.4 is 5.32 Å². The number of likely N-dealkylation sites (N-methyl/N-ethyl adjacent to an activating group) is 1. The fourth-order valence-corrected chi connectivity index (χ4v) is 3.98. The van der Waals surface area contributed by atoms with Crippen molar-refractivity contribution < 1.29 is 9.59 Å². The second-order valence-electron chi connectivity index (χ2n) is 7.56. The zero-order chi connectivity index (χ0) is 17.3. The van der Waals surface area contributed by atoms with Gasteiger partial charge in [0.1, 0.15) is 6.04 Å². The topological polar surface area (TPSA) is 52.7 Å². The smallest absolute Gasteiger partial charge is 0.244 e. The first kappa shape index (κ1) is 17.0. The van der Waals surface area contributed by atoms with Gasteiger partial charge in [-0.25, -0.2) is 0 Å². The van der Waals surface area contributed by atoms with E-state index in [9.17, 15) is 9.59 Å². The summed E-state index contributed by atoms with van der Waals surface area (Å²) in [5, 5.41) is 2.95. The molecule has 0 bridgehead atoms. The summed E-state index contributed by atoms with van der Waals surface area (Å²) < 4.78 is 0. The lowest BCUT2D eigenvalue weighted by Crippen LogP contribution is -2.47. The van der Waals surface area contributed by atoms with Gasteiger partial charge in [0, 0.05) is 26.1 Å². The lowest BCUT2D eigenvalue weighted by atomic mass is 9.77. The van der Waals surface area contributed by atoms with E-state index in [0.717, 1.165) is 38.0 Å². The van der Waals surface area contributed by atoms with Gasteiger partial charge in [-0.1, -0.05) is 29.8 Å². The van der Waals surface area contributed by atoms with Gasteiger partial charge in [0.15, 0.2) is 0 Å². The molecule has 5 nitrogen and oxygen atoms in total. The van der Waals surface area contributed by atoms with Crippen LogP contribution in [0.25, 0.3) is 0 Å². The Balaban J connectivity index is 1.72. The maximum absolute atomic E-state index is 13.1. The van der Waals surface area contributed by atoms with Crippen molar-refractivity contribution in [2.24, 2.45) is 5.41 Å². The van der Waals surface area contributed by atoms with E-state index in [1.54, 1.807) is 0 Å². The highest BCUT2D eigenvalue weighted by atomic mass is 16.2. The summed E-state index contributed by atoms with van der Waals surface area (Å²) in [5.74, 6) is 0.318. The molecule has 0 unspecified atom stereocenters. The number of nitrogens with one attached hydrogen (secondary N) is 1. The van der Waals surface area contributed by atoms with Crippen LogP contribution in [0.2, 0.25) is 0 Å². The molecule has 1 spiro atoms. The number of carbonyl (C=O) groups excluding carboxylic acids is 2. The highest BCUT2D eigenvalue weighted by Gasteiger charge is 2.42. The number of piperidine rings is 1. The van der Waals surface area contributed by atoms with Gasteiger partial charge in [0.05, 0.1) is 0 Å². The Labute approximate surface area is 144 Å². The number of carbonyl (C=O) groups is 2. The van der Waals surface area contributed by atoms with Gasteiger partial charge in [-0.3, -0.25) is 14.5 Å². The van der Waals surface area contributed by atoms with Crippen molar-refractivity contribution in [2.45, 2.75) is 32.2 Å². The van der Waals surface area contributed by atoms with Gasteiger partial charge < -0.3 is 10.2 Å². The van der Waals surface area contributed by atoms with Crippen LogP contribution in [-0.4, -0.2) is 55.3 Å². The molecular formula is C19H27N3O2. The summed E-state index contributed by atoms with van der Waals surface area (Å²) in [5.41, 5.74) is 2.29. The zero-order valence-electron chi connectivity index (χ0n) is 14.8. The first-order valence-corrected chi connectivity index (χ1v) is 8.69. The lowest BCUT2D eigenvalue weighted by molar-refractivity contribution is -0.138. The highest BCUT2D eigenvalue weighted by Crippen LogP contribution is 2.38. The largest absolute Gasteiger partial charge is 0.356 e. The van der Waals surface area contributed by atoms with E-state index in [4.69, 9.17) is 0 Å². The van der Waals surface area contributed by atoms with Gasteiger partial charge in [-0.2, -0.15) is 0 Å². The number of benzene rings is 1. The SMILES string of the molecule is Cc1cccc([C@H](C(=O)N2CCC3(CC2)CNC(=O)C3)N(C)C)c1. The van der Waals surface area contributed by atoms with Crippen molar-refractivity contribution in [3.63, 3.8) is 0 Å². The van der Waals surface area contributed by atoms with Crippen LogP contribution in [0.1, 0.15) is 36.4 Å². The van der Waals surface area contributed by atoms with Gasteiger partial charge >= 0.3 is 0 Å². The maximum atomic E-state index is 13.1. The first-order chi connectivity index (χ1) is 11.4.